The molecule has 0 spiro atoms. The van der Waals surface area contributed by atoms with Gasteiger partial charge in [-0.05, 0) is 24.6 Å². The second-order valence-electron chi connectivity index (χ2n) is 3.90. The molecule has 0 bridgehead atoms. The summed E-state index contributed by atoms with van der Waals surface area (Å²) in [6, 6.07) is 5.18. The van der Waals surface area contributed by atoms with E-state index >= 15 is 0 Å². The van der Waals surface area contributed by atoms with Gasteiger partial charge in [-0.25, -0.2) is 8.42 Å². The molecule has 0 saturated carbocycles. The van der Waals surface area contributed by atoms with Gasteiger partial charge in [0.05, 0.1) is 18.0 Å². The van der Waals surface area contributed by atoms with Gasteiger partial charge < -0.3 is 9.84 Å². The highest BCUT2D eigenvalue weighted by atomic mass is 32.2. The molecule has 0 atom stereocenters. The number of sulfonamides is 1. The van der Waals surface area contributed by atoms with Gasteiger partial charge in [0.1, 0.15) is 6.61 Å². The topological polar surface area (TPSA) is 75.6 Å². The number of aryl methyl sites for hydroxylation is 1. The summed E-state index contributed by atoms with van der Waals surface area (Å²) in [5.41, 5.74) is 1.93. The summed E-state index contributed by atoms with van der Waals surface area (Å²) >= 11 is 0. The first kappa shape index (κ1) is 15.5. The molecule has 0 radical (unpaired) electrons. The Labute approximate surface area is 113 Å². The lowest BCUT2D eigenvalue weighted by Gasteiger charge is -2.10. The smallest absolute Gasteiger partial charge is 0.235 e. The third-order valence-corrected chi connectivity index (χ3v) is 3.61. The molecule has 1 aromatic rings. The molecule has 0 amide bonds. The zero-order chi connectivity index (χ0) is 14.3. The van der Waals surface area contributed by atoms with Crippen molar-refractivity contribution in [3.63, 3.8) is 0 Å². The molecule has 2 N–H and O–H groups in total. The van der Waals surface area contributed by atoms with Crippen LogP contribution in [-0.2, 0) is 14.8 Å². The summed E-state index contributed by atoms with van der Waals surface area (Å²) in [5.74, 6) is 5.15. The van der Waals surface area contributed by atoms with Crippen LogP contribution in [0.2, 0.25) is 0 Å². The van der Waals surface area contributed by atoms with E-state index in [1.165, 1.54) is 7.11 Å². The molecule has 6 heteroatoms. The van der Waals surface area contributed by atoms with Crippen molar-refractivity contribution in [3.8, 4) is 11.8 Å². The monoisotopic (exact) mass is 283 g/mol. The molecule has 0 saturated heterocycles. The second kappa shape index (κ2) is 7.14. The third-order valence-electron chi connectivity index (χ3n) is 2.37. The minimum absolute atomic E-state index is 0.102. The van der Waals surface area contributed by atoms with Gasteiger partial charge in [0.15, 0.2) is 0 Å². The van der Waals surface area contributed by atoms with Crippen LogP contribution in [-0.4, -0.2) is 39.6 Å². The van der Waals surface area contributed by atoms with Gasteiger partial charge >= 0.3 is 0 Å². The number of rotatable bonds is 5. The summed E-state index contributed by atoms with van der Waals surface area (Å²) in [7, 11) is -1.98. The molecular formula is C13H17NO4S. The molecule has 0 aliphatic carbocycles. The normalized spacial score (nSPS) is 10.7. The van der Waals surface area contributed by atoms with Gasteiger partial charge in [-0.1, -0.05) is 17.9 Å². The Hall–Kier alpha value is -1.55. The molecule has 0 unspecified atom stereocenters. The van der Waals surface area contributed by atoms with Crippen molar-refractivity contribution in [2.75, 3.05) is 30.8 Å². The molecule has 104 valence electrons. The zero-order valence-corrected chi connectivity index (χ0v) is 11.8. The maximum atomic E-state index is 11.8. The van der Waals surface area contributed by atoms with Crippen molar-refractivity contribution in [2.24, 2.45) is 0 Å². The van der Waals surface area contributed by atoms with E-state index in [-0.39, 0.29) is 19.0 Å². The average molecular weight is 283 g/mol. The van der Waals surface area contributed by atoms with Gasteiger partial charge in [0.25, 0.3) is 0 Å². The number of benzene rings is 1. The first-order chi connectivity index (χ1) is 8.98. The summed E-state index contributed by atoms with van der Waals surface area (Å²) in [4.78, 5) is 0. The summed E-state index contributed by atoms with van der Waals surface area (Å²) in [6.45, 7) is 1.71. The van der Waals surface area contributed by atoms with E-state index in [0.29, 0.717) is 11.3 Å². The maximum absolute atomic E-state index is 11.8. The van der Waals surface area contributed by atoms with Crippen molar-refractivity contribution < 1.29 is 18.3 Å². The Balaban J connectivity index is 2.94. The Bertz CT molecular complexity index is 584. The Morgan fingerprint density at radius 3 is 2.79 bits per heavy atom. The van der Waals surface area contributed by atoms with E-state index in [0.717, 1.165) is 5.56 Å². The number of hydrogen-bond donors (Lipinski definition) is 2. The Morgan fingerprint density at radius 2 is 2.16 bits per heavy atom. The molecule has 0 aliphatic rings. The van der Waals surface area contributed by atoms with Crippen molar-refractivity contribution >= 4 is 15.7 Å². The van der Waals surface area contributed by atoms with E-state index in [9.17, 15) is 8.42 Å². The van der Waals surface area contributed by atoms with Gasteiger partial charge in [-0.15, -0.1) is 0 Å². The van der Waals surface area contributed by atoms with Gasteiger partial charge in [-0.2, -0.15) is 0 Å². The quantitative estimate of drug-likeness (QED) is 0.781. The van der Waals surface area contributed by atoms with Crippen molar-refractivity contribution in [3.05, 3.63) is 29.3 Å². The lowest BCUT2D eigenvalue weighted by atomic mass is 10.1. The van der Waals surface area contributed by atoms with Crippen LogP contribution in [0.25, 0.3) is 0 Å². The van der Waals surface area contributed by atoms with E-state index in [4.69, 9.17) is 9.84 Å². The van der Waals surface area contributed by atoms with Crippen LogP contribution in [0.1, 0.15) is 11.1 Å². The molecule has 19 heavy (non-hydrogen) atoms. The predicted molar refractivity (Wildman–Crippen MR) is 74.4 cm³/mol. The highest BCUT2D eigenvalue weighted by molar-refractivity contribution is 7.92. The first-order valence-corrected chi connectivity index (χ1v) is 7.33. The standard InChI is InChI=1S/C13H17NO4S/c1-11-5-6-12(4-3-7-15)10-13(11)14-19(16,17)9-8-18-2/h5-6,10,14-15H,7-9H2,1-2H3. The fraction of sp³-hybridized carbons (Fsp3) is 0.385. The van der Waals surface area contributed by atoms with Crippen LogP contribution in [0.3, 0.4) is 0 Å². The highest BCUT2D eigenvalue weighted by Crippen LogP contribution is 2.18. The predicted octanol–water partition coefficient (Wildman–Crippen LogP) is 0.727. The van der Waals surface area contributed by atoms with Crippen LogP contribution in [0.5, 0.6) is 0 Å². The van der Waals surface area contributed by atoms with E-state index < -0.39 is 10.0 Å². The lowest BCUT2D eigenvalue weighted by molar-refractivity contribution is 0.217. The fourth-order valence-electron chi connectivity index (χ4n) is 1.36. The number of anilines is 1. The average Bonchev–Trinajstić information content (AvgIpc) is 2.37. The molecular weight excluding hydrogens is 266 g/mol. The van der Waals surface area contributed by atoms with Gasteiger partial charge in [0, 0.05) is 12.7 Å². The van der Waals surface area contributed by atoms with Crippen molar-refractivity contribution in [1.29, 1.82) is 0 Å². The number of ether oxygens (including phenoxy) is 1. The number of aliphatic hydroxyl groups is 1. The second-order valence-corrected chi connectivity index (χ2v) is 5.75. The Morgan fingerprint density at radius 1 is 1.42 bits per heavy atom. The Kier molecular flexibility index (Phi) is 5.83. The maximum Gasteiger partial charge on any atom is 0.235 e. The number of aliphatic hydroxyl groups excluding tert-OH is 1. The third kappa shape index (κ3) is 5.30. The van der Waals surface area contributed by atoms with E-state index in [1.807, 2.05) is 0 Å². The fourth-order valence-corrected chi connectivity index (χ4v) is 2.41. The molecule has 1 rings (SSSR count). The molecule has 1 aromatic carbocycles. The molecule has 0 aliphatic heterocycles. The van der Waals surface area contributed by atoms with Crippen LogP contribution in [0.4, 0.5) is 5.69 Å². The van der Waals surface area contributed by atoms with Crippen LogP contribution < -0.4 is 4.72 Å². The van der Waals surface area contributed by atoms with E-state index in [1.54, 1.807) is 25.1 Å². The SMILES string of the molecule is COCCS(=O)(=O)Nc1cc(C#CCO)ccc1C. The molecule has 0 heterocycles. The minimum Gasteiger partial charge on any atom is -0.384 e. The highest BCUT2D eigenvalue weighted by Gasteiger charge is 2.11. The minimum atomic E-state index is -3.43. The number of nitrogens with one attached hydrogen (secondary N) is 1. The van der Waals surface area contributed by atoms with Crippen molar-refractivity contribution in [2.45, 2.75) is 6.92 Å². The lowest BCUT2D eigenvalue weighted by Crippen LogP contribution is -2.20. The summed E-state index contributed by atoms with van der Waals surface area (Å²) in [6.07, 6.45) is 0. The molecule has 0 aromatic heterocycles. The van der Waals surface area contributed by atoms with Gasteiger partial charge in [0.2, 0.25) is 10.0 Å². The van der Waals surface area contributed by atoms with Crippen LogP contribution >= 0.6 is 0 Å². The zero-order valence-electron chi connectivity index (χ0n) is 10.9. The number of methoxy groups -OCH3 is 1. The molecule has 0 fully saturated rings. The number of hydrogen-bond acceptors (Lipinski definition) is 4. The van der Waals surface area contributed by atoms with Gasteiger partial charge in [-0.3, -0.25) is 4.72 Å². The van der Waals surface area contributed by atoms with Crippen LogP contribution in [0.15, 0.2) is 18.2 Å². The summed E-state index contributed by atoms with van der Waals surface area (Å²) in [5, 5.41) is 8.64. The van der Waals surface area contributed by atoms with E-state index in [2.05, 4.69) is 16.6 Å². The first-order valence-electron chi connectivity index (χ1n) is 5.68. The largest absolute Gasteiger partial charge is 0.384 e. The summed E-state index contributed by atoms with van der Waals surface area (Å²) < 4.78 is 30.8. The molecule has 5 nitrogen and oxygen atoms in total. The van der Waals surface area contributed by atoms with Crippen LogP contribution in [0, 0.1) is 18.8 Å². The van der Waals surface area contributed by atoms with Crippen molar-refractivity contribution in [1.82, 2.24) is 0 Å².